The van der Waals surface area contributed by atoms with Gasteiger partial charge in [-0.3, -0.25) is 9.59 Å². The van der Waals surface area contributed by atoms with Crippen molar-refractivity contribution in [3.05, 3.63) is 17.7 Å². The normalized spacial score (nSPS) is 10.2. The Morgan fingerprint density at radius 1 is 1.05 bits per heavy atom. The lowest BCUT2D eigenvalue weighted by Gasteiger charge is -2.15. The van der Waals surface area contributed by atoms with Gasteiger partial charge in [0.15, 0.2) is 17.3 Å². The van der Waals surface area contributed by atoms with Crippen molar-refractivity contribution in [3.63, 3.8) is 0 Å². The van der Waals surface area contributed by atoms with Crippen LogP contribution in [-0.2, 0) is 4.79 Å². The number of methoxy groups -OCH3 is 3. The number of amides is 1. The third kappa shape index (κ3) is 3.87. The van der Waals surface area contributed by atoms with Gasteiger partial charge in [0.1, 0.15) is 0 Å². The summed E-state index contributed by atoms with van der Waals surface area (Å²) in [4.78, 5) is 23.7. The van der Waals surface area contributed by atoms with Gasteiger partial charge in [-0.05, 0) is 12.1 Å². The Morgan fingerprint density at radius 3 is 2.14 bits per heavy atom. The number of nitrogens with one attached hydrogen (secondary N) is 1. The van der Waals surface area contributed by atoms with E-state index in [1.165, 1.54) is 21.3 Å². The minimum Gasteiger partial charge on any atom is -0.493 e. The maximum Gasteiger partial charge on any atom is 0.255 e. The smallest absolute Gasteiger partial charge is 0.255 e. The van der Waals surface area contributed by atoms with Gasteiger partial charge in [0, 0.05) is 5.92 Å². The largest absolute Gasteiger partial charge is 0.493 e. The number of Topliss-reactive ketones (excluding diaryl/α,β-unsaturated/α-hetero) is 1. The fraction of sp³-hybridized carbons (Fsp3) is 0.467. The predicted octanol–water partition coefficient (Wildman–Crippen LogP) is 1.67. The summed E-state index contributed by atoms with van der Waals surface area (Å²) in [7, 11) is 4.40. The van der Waals surface area contributed by atoms with Crippen molar-refractivity contribution in [3.8, 4) is 17.2 Å². The Morgan fingerprint density at radius 2 is 1.67 bits per heavy atom. The van der Waals surface area contributed by atoms with Gasteiger partial charge >= 0.3 is 0 Å². The second kappa shape index (κ2) is 7.52. The Labute approximate surface area is 124 Å². The van der Waals surface area contributed by atoms with Crippen LogP contribution in [0.4, 0.5) is 0 Å². The predicted molar refractivity (Wildman–Crippen MR) is 78.3 cm³/mol. The number of hydrogen-bond donors (Lipinski definition) is 1. The molecule has 1 aromatic carbocycles. The molecule has 0 unspecified atom stereocenters. The molecule has 116 valence electrons. The first-order valence-corrected chi connectivity index (χ1v) is 6.56. The van der Waals surface area contributed by atoms with Crippen LogP contribution in [0.2, 0.25) is 0 Å². The van der Waals surface area contributed by atoms with Crippen LogP contribution in [0.15, 0.2) is 12.1 Å². The molecule has 1 aromatic rings. The topological polar surface area (TPSA) is 73.9 Å². The summed E-state index contributed by atoms with van der Waals surface area (Å²) in [6, 6.07) is 3.18. The number of ketones is 1. The highest BCUT2D eigenvalue weighted by Gasteiger charge is 2.21. The van der Waals surface area contributed by atoms with Crippen LogP contribution < -0.4 is 19.5 Å². The Hall–Kier alpha value is -2.24. The Kier molecular flexibility index (Phi) is 6.02. The van der Waals surface area contributed by atoms with Crippen molar-refractivity contribution < 1.29 is 23.8 Å². The highest BCUT2D eigenvalue weighted by molar-refractivity contribution is 6.00. The number of carbonyl (C=O) groups excluding carboxylic acids is 2. The molecule has 0 aromatic heterocycles. The maximum atomic E-state index is 12.2. The summed E-state index contributed by atoms with van der Waals surface area (Å²) in [5.74, 6) is 0.500. The van der Waals surface area contributed by atoms with E-state index in [2.05, 4.69) is 5.32 Å². The van der Waals surface area contributed by atoms with Crippen LogP contribution in [0.5, 0.6) is 17.2 Å². The third-order valence-electron chi connectivity index (χ3n) is 3.02. The molecular formula is C15H21NO5. The highest BCUT2D eigenvalue weighted by Crippen LogP contribution is 2.39. The SMILES string of the molecule is COc1ccc(C(=O)NCC(=O)C(C)C)c(OC)c1OC. The Bertz CT molecular complexity index is 525. The number of hydrogen-bond acceptors (Lipinski definition) is 5. The van der Waals surface area contributed by atoms with E-state index >= 15 is 0 Å². The molecule has 0 aliphatic rings. The maximum absolute atomic E-state index is 12.2. The highest BCUT2D eigenvalue weighted by atomic mass is 16.5. The van der Waals surface area contributed by atoms with E-state index in [0.29, 0.717) is 11.5 Å². The van der Waals surface area contributed by atoms with Gasteiger partial charge in [0.2, 0.25) is 5.75 Å². The van der Waals surface area contributed by atoms with Gasteiger partial charge in [0.05, 0.1) is 33.4 Å². The van der Waals surface area contributed by atoms with Gasteiger partial charge in [-0.1, -0.05) is 13.8 Å². The minimum atomic E-state index is -0.401. The second-order valence-corrected chi connectivity index (χ2v) is 4.69. The summed E-state index contributed by atoms with van der Waals surface area (Å²) in [5.41, 5.74) is 0.284. The molecule has 1 rings (SSSR count). The number of rotatable bonds is 7. The molecule has 0 heterocycles. The van der Waals surface area contributed by atoms with E-state index in [0.717, 1.165) is 0 Å². The average molecular weight is 295 g/mol. The van der Waals surface area contributed by atoms with Crippen LogP contribution in [0.1, 0.15) is 24.2 Å². The second-order valence-electron chi connectivity index (χ2n) is 4.69. The van der Waals surface area contributed by atoms with Crippen LogP contribution in [0.3, 0.4) is 0 Å². The summed E-state index contributed by atoms with van der Waals surface area (Å²) in [5, 5.41) is 2.58. The molecule has 0 atom stereocenters. The van der Waals surface area contributed by atoms with Crippen LogP contribution in [0, 0.1) is 5.92 Å². The molecular weight excluding hydrogens is 274 g/mol. The Balaban J connectivity index is 3.02. The van der Waals surface area contributed by atoms with E-state index in [9.17, 15) is 9.59 Å². The number of carbonyl (C=O) groups is 2. The molecule has 0 spiro atoms. The zero-order chi connectivity index (χ0) is 16.0. The molecule has 0 fully saturated rings. The minimum absolute atomic E-state index is 0.0198. The van der Waals surface area contributed by atoms with Crippen molar-refractivity contribution in [2.75, 3.05) is 27.9 Å². The van der Waals surface area contributed by atoms with E-state index in [-0.39, 0.29) is 29.6 Å². The molecule has 0 bridgehead atoms. The van der Waals surface area contributed by atoms with Crippen LogP contribution in [0.25, 0.3) is 0 Å². The van der Waals surface area contributed by atoms with Gasteiger partial charge in [-0.25, -0.2) is 0 Å². The molecule has 0 aliphatic carbocycles. The molecule has 0 saturated heterocycles. The molecule has 0 aliphatic heterocycles. The molecule has 0 radical (unpaired) electrons. The van der Waals surface area contributed by atoms with E-state index in [4.69, 9.17) is 14.2 Å². The van der Waals surface area contributed by atoms with E-state index in [1.807, 2.05) is 0 Å². The van der Waals surface area contributed by atoms with E-state index < -0.39 is 5.91 Å². The first-order chi connectivity index (χ1) is 9.96. The molecule has 21 heavy (non-hydrogen) atoms. The first kappa shape index (κ1) is 16.8. The summed E-state index contributed by atoms with van der Waals surface area (Å²) >= 11 is 0. The van der Waals surface area contributed by atoms with Gasteiger partial charge in [-0.15, -0.1) is 0 Å². The van der Waals surface area contributed by atoms with Crippen molar-refractivity contribution in [1.29, 1.82) is 0 Å². The molecule has 1 N–H and O–H groups in total. The summed E-state index contributed by atoms with van der Waals surface area (Å²) in [6.45, 7) is 3.55. The summed E-state index contributed by atoms with van der Waals surface area (Å²) < 4.78 is 15.6. The number of ether oxygens (including phenoxy) is 3. The molecule has 6 heteroatoms. The number of benzene rings is 1. The molecule has 1 amide bonds. The van der Waals surface area contributed by atoms with Crippen molar-refractivity contribution in [2.24, 2.45) is 5.92 Å². The lowest BCUT2D eigenvalue weighted by molar-refractivity contribution is -0.120. The fourth-order valence-corrected chi connectivity index (χ4v) is 1.75. The van der Waals surface area contributed by atoms with Crippen molar-refractivity contribution in [1.82, 2.24) is 5.32 Å². The zero-order valence-corrected chi connectivity index (χ0v) is 13.0. The van der Waals surface area contributed by atoms with Crippen molar-refractivity contribution in [2.45, 2.75) is 13.8 Å². The van der Waals surface area contributed by atoms with Crippen LogP contribution >= 0.6 is 0 Å². The van der Waals surface area contributed by atoms with Crippen LogP contribution in [-0.4, -0.2) is 39.6 Å². The quantitative estimate of drug-likeness (QED) is 0.828. The fourth-order valence-electron chi connectivity index (χ4n) is 1.75. The third-order valence-corrected chi connectivity index (χ3v) is 3.02. The zero-order valence-electron chi connectivity index (χ0n) is 13.0. The summed E-state index contributed by atoms with van der Waals surface area (Å²) in [6.07, 6.45) is 0. The standard InChI is InChI=1S/C15H21NO5/c1-9(2)11(17)8-16-15(18)10-6-7-12(19-3)14(21-5)13(10)20-4/h6-7,9H,8H2,1-5H3,(H,16,18). The molecule has 0 saturated carbocycles. The lowest BCUT2D eigenvalue weighted by atomic mass is 10.1. The van der Waals surface area contributed by atoms with Gasteiger partial charge in [0.25, 0.3) is 5.91 Å². The molecule has 6 nitrogen and oxygen atoms in total. The van der Waals surface area contributed by atoms with E-state index in [1.54, 1.807) is 26.0 Å². The lowest BCUT2D eigenvalue weighted by Crippen LogP contribution is -2.31. The first-order valence-electron chi connectivity index (χ1n) is 6.56. The van der Waals surface area contributed by atoms with Gasteiger partial charge < -0.3 is 19.5 Å². The van der Waals surface area contributed by atoms with Gasteiger partial charge in [-0.2, -0.15) is 0 Å². The average Bonchev–Trinajstić information content (AvgIpc) is 2.49. The van der Waals surface area contributed by atoms with Crippen molar-refractivity contribution >= 4 is 11.7 Å². The monoisotopic (exact) mass is 295 g/mol.